The summed E-state index contributed by atoms with van der Waals surface area (Å²) in [5.74, 6) is 0.945. The van der Waals surface area contributed by atoms with Crippen LogP contribution in [0.3, 0.4) is 0 Å². The Labute approximate surface area is 123 Å². The minimum absolute atomic E-state index is 0.109. The molecule has 1 saturated carbocycles. The number of nitrogens with one attached hydrogen (secondary N) is 1. The molecule has 1 aromatic rings. The first-order chi connectivity index (χ1) is 9.10. The quantitative estimate of drug-likeness (QED) is 0.845. The number of hydrogen-bond donors (Lipinski definition) is 2. The Balaban J connectivity index is 1.85. The van der Waals surface area contributed by atoms with Crippen molar-refractivity contribution < 1.29 is 4.79 Å². The summed E-state index contributed by atoms with van der Waals surface area (Å²) in [6.45, 7) is 2.63. The van der Waals surface area contributed by atoms with Gasteiger partial charge < -0.3 is 11.1 Å². The van der Waals surface area contributed by atoms with Gasteiger partial charge in [-0.25, -0.2) is 0 Å². The summed E-state index contributed by atoms with van der Waals surface area (Å²) in [7, 11) is 0. The molecule has 0 saturated heterocycles. The van der Waals surface area contributed by atoms with E-state index in [0.29, 0.717) is 18.9 Å². The minimum Gasteiger partial charge on any atom is -0.352 e. The van der Waals surface area contributed by atoms with Crippen molar-refractivity contribution in [3.8, 4) is 0 Å². The van der Waals surface area contributed by atoms with Crippen LogP contribution in [0.1, 0.15) is 37.7 Å². The van der Waals surface area contributed by atoms with Crippen molar-refractivity contribution in [3.63, 3.8) is 0 Å². The number of amides is 1. The Kier molecular flexibility index (Phi) is 4.99. The molecule has 104 valence electrons. The lowest BCUT2D eigenvalue weighted by Crippen LogP contribution is -2.42. The van der Waals surface area contributed by atoms with Gasteiger partial charge in [-0.05, 0) is 42.4 Å². The molecular formula is C15H21BrN2O. The van der Waals surface area contributed by atoms with Crippen LogP contribution in [0.2, 0.25) is 0 Å². The Bertz CT molecular complexity index is 428. The molecule has 2 unspecified atom stereocenters. The second kappa shape index (κ2) is 6.53. The minimum atomic E-state index is 0.109. The van der Waals surface area contributed by atoms with Crippen molar-refractivity contribution in [1.29, 1.82) is 0 Å². The molecule has 19 heavy (non-hydrogen) atoms. The molecule has 0 spiro atoms. The van der Waals surface area contributed by atoms with Gasteiger partial charge in [-0.1, -0.05) is 35.0 Å². The van der Waals surface area contributed by atoms with Crippen LogP contribution in [0.15, 0.2) is 28.7 Å². The lowest BCUT2D eigenvalue weighted by Gasteiger charge is -2.18. The van der Waals surface area contributed by atoms with Crippen molar-refractivity contribution in [2.24, 2.45) is 11.7 Å². The Morgan fingerprint density at radius 2 is 2.05 bits per heavy atom. The van der Waals surface area contributed by atoms with Crippen LogP contribution in [0.25, 0.3) is 0 Å². The van der Waals surface area contributed by atoms with E-state index in [0.717, 1.165) is 4.47 Å². The lowest BCUT2D eigenvalue weighted by molar-refractivity contribution is -0.122. The van der Waals surface area contributed by atoms with Crippen LogP contribution >= 0.6 is 15.9 Å². The van der Waals surface area contributed by atoms with Crippen molar-refractivity contribution in [2.45, 2.75) is 38.1 Å². The third-order valence-corrected chi connectivity index (χ3v) is 4.25. The predicted octanol–water partition coefficient (Wildman–Crippen LogP) is 2.80. The van der Waals surface area contributed by atoms with Crippen molar-refractivity contribution in [3.05, 3.63) is 34.3 Å². The van der Waals surface area contributed by atoms with Gasteiger partial charge >= 0.3 is 0 Å². The Morgan fingerprint density at radius 3 is 2.58 bits per heavy atom. The van der Waals surface area contributed by atoms with Gasteiger partial charge in [-0.2, -0.15) is 0 Å². The van der Waals surface area contributed by atoms with Crippen LogP contribution in [0, 0.1) is 5.92 Å². The van der Waals surface area contributed by atoms with Crippen LogP contribution in [0.5, 0.6) is 0 Å². The topological polar surface area (TPSA) is 55.1 Å². The number of nitrogens with two attached hydrogens (primary N) is 1. The number of halogens is 1. The molecule has 1 aliphatic rings. The van der Waals surface area contributed by atoms with E-state index in [1.54, 1.807) is 0 Å². The summed E-state index contributed by atoms with van der Waals surface area (Å²) < 4.78 is 1.06. The van der Waals surface area contributed by atoms with Gasteiger partial charge in [0, 0.05) is 23.5 Å². The summed E-state index contributed by atoms with van der Waals surface area (Å²) in [5, 5.41) is 3.07. The van der Waals surface area contributed by atoms with Crippen molar-refractivity contribution >= 4 is 21.8 Å². The average Bonchev–Trinajstić information content (AvgIpc) is 3.21. The van der Waals surface area contributed by atoms with E-state index in [4.69, 9.17) is 5.73 Å². The van der Waals surface area contributed by atoms with Gasteiger partial charge in [0.1, 0.15) is 0 Å². The van der Waals surface area contributed by atoms with E-state index in [1.807, 2.05) is 12.1 Å². The molecule has 4 heteroatoms. The molecule has 2 rings (SSSR count). The smallest absolute Gasteiger partial charge is 0.220 e. The monoisotopic (exact) mass is 324 g/mol. The van der Waals surface area contributed by atoms with Gasteiger partial charge in [0.15, 0.2) is 0 Å². The van der Waals surface area contributed by atoms with E-state index >= 15 is 0 Å². The number of carbonyl (C=O) groups is 1. The molecule has 1 aromatic carbocycles. The lowest BCUT2D eigenvalue weighted by atomic mass is 9.97. The van der Waals surface area contributed by atoms with Crippen LogP contribution < -0.4 is 11.1 Å². The molecule has 1 amide bonds. The van der Waals surface area contributed by atoms with Gasteiger partial charge in [0.05, 0.1) is 0 Å². The summed E-state index contributed by atoms with van der Waals surface area (Å²) in [6.07, 6.45) is 2.92. The first-order valence-corrected chi connectivity index (χ1v) is 7.64. The maximum Gasteiger partial charge on any atom is 0.220 e. The van der Waals surface area contributed by atoms with E-state index in [1.165, 1.54) is 18.4 Å². The third-order valence-electron chi connectivity index (χ3n) is 3.72. The second-order valence-corrected chi connectivity index (χ2v) is 6.32. The van der Waals surface area contributed by atoms with Gasteiger partial charge in [0.25, 0.3) is 0 Å². The van der Waals surface area contributed by atoms with Gasteiger partial charge in [0.2, 0.25) is 5.91 Å². The molecule has 2 atom stereocenters. The number of hydrogen-bond acceptors (Lipinski definition) is 2. The molecule has 1 aliphatic carbocycles. The standard InChI is InChI=1S/C15H21BrN2O/c1-10(11-4-6-13(16)7-5-11)8-15(19)18-14(9-17)12-2-3-12/h4-7,10,12,14H,2-3,8-9,17H2,1H3,(H,18,19). The number of carbonyl (C=O) groups excluding carboxylic acids is 1. The molecule has 0 aromatic heterocycles. The Hall–Kier alpha value is -0.870. The molecule has 1 fully saturated rings. The normalized spacial score (nSPS) is 17.8. The highest BCUT2D eigenvalue weighted by Gasteiger charge is 2.31. The first kappa shape index (κ1) is 14.5. The summed E-state index contributed by atoms with van der Waals surface area (Å²) in [4.78, 5) is 12.0. The fourth-order valence-corrected chi connectivity index (χ4v) is 2.59. The highest BCUT2D eigenvalue weighted by molar-refractivity contribution is 9.10. The van der Waals surface area contributed by atoms with Gasteiger partial charge in [-0.15, -0.1) is 0 Å². The molecule has 0 aliphatic heterocycles. The van der Waals surface area contributed by atoms with Crippen molar-refractivity contribution in [2.75, 3.05) is 6.54 Å². The summed E-state index contributed by atoms with van der Waals surface area (Å²) in [6, 6.07) is 8.31. The largest absolute Gasteiger partial charge is 0.352 e. The van der Waals surface area contributed by atoms with E-state index < -0.39 is 0 Å². The molecule has 0 bridgehead atoms. The van der Waals surface area contributed by atoms with Crippen LogP contribution in [0.4, 0.5) is 0 Å². The van der Waals surface area contributed by atoms with Crippen LogP contribution in [-0.4, -0.2) is 18.5 Å². The second-order valence-electron chi connectivity index (χ2n) is 5.40. The molecule has 3 N–H and O–H groups in total. The molecular weight excluding hydrogens is 304 g/mol. The molecule has 3 nitrogen and oxygen atoms in total. The Morgan fingerprint density at radius 1 is 1.42 bits per heavy atom. The fraction of sp³-hybridized carbons (Fsp3) is 0.533. The van der Waals surface area contributed by atoms with E-state index in [-0.39, 0.29) is 17.9 Å². The highest BCUT2D eigenvalue weighted by Crippen LogP contribution is 2.32. The van der Waals surface area contributed by atoms with Gasteiger partial charge in [-0.3, -0.25) is 4.79 Å². The zero-order chi connectivity index (χ0) is 13.8. The maximum absolute atomic E-state index is 12.0. The fourth-order valence-electron chi connectivity index (χ4n) is 2.32. The summed E-state index contributed by atoms with van der Waals surface area (Å²) in [5.41, 5.74) is 6.89. The molecule has 0 radical (unpaired) electrons. The van der Waals surface area contributed by atoms with E-state index in [9.17, 15) is 4.79 Å². The zero-order valence-electron chi connectivity index (χ0n) is 11.2. The first-order valence-electron chi connectivity index (χ1n) is 6.85. The van der Waals surface area contributed by atoms with E-state index in [2.05, 4.69) is 40.3 Å². The zero-order valence-corrected chi connectivity index (χ0v) is 12.8. The highest BCUT2D eigenvalue weighted by atomic mass is 79.9. The number of rotatable bonds is 6. The predicted molar refractivity (Wildman–Crippen MR) is 80.9 cm³/mol. The SMILES string of the molecule is CC(CC(=O)NC(CN)C1CC1)c1ccc(Br)cc1. The third kappa shape index (κ3) is 4.32. The van der Waals surface area contributed by atoms with Crippen molar-refractivity contribution in [1.82, 2.24) is 5.32 Å². The average molecular weight is 325 g/mol. The molecule has 0 heterocycles. The number of benzene rings is 1. The van der Waals surface area contributed by atoms with Crippen LogP contribution in [-0.2, 0) is 4.79 Å². The summed E-state index contributed by atoms with van der Waals surface area (Å²) >= 11 is 3.42. The maximum atomic E-state index is 12.0.